The number of carbonyl (C=O) groups excluding carboxylic acids is 1. The summed E-state index contributed by atoms with van der Waals surface area (Å²) >= 11 is 0. The number of primary amides is 1. The second-order valence-electron chi connectivity index (χ2n) is 4.69. The summed E-state index contributed by atoms with van der Waals surface area (Å²) in [5.41, 5.74) is 6.67. The minimum Gasteiger partial charge on any atom is -0.478 e. The largest absolute Gasteiger partial charge is 0.478 e. The van der Waals surface area contributed by atoms with Gasteiger partial charge in [-0.2, -0.15) is 0 Å². The molecule has 19 heavy (non-hydrogen) atoms. The van der Waals surface area contributed by atoms with Crippen LogP contribution in [-0.2, 0) is 11.3 Å². The highest BCUT2D eigenvalue weighted by Gasteiger charge is 2.16. The number of carboxylic acid groups (broad SMARTS) is 1. The molecular formula is C13H15N3O3. The van der Waals surface area contributed by atoms with Crippen molar-refractivity contribution in [3.63, 3.8) is 0 Å². The molecule has 0 fully saturated rings. The van der Waals surface area contributed by atoms with Crippen molar-refractivity contribution in [1.82, 2.24) is 9.55 Å². The molecule has 1 aromatic carbocycles. The van der Waals surface area contributed by atoms with Crippen LogP contribution < -0.4 is 5.73 Å². The van der Waals surface area contributed by atoms with Gasteiger partial charge in [0.05, 0.1) is 16.6 Å². The van der Waals surface area contributed by atoms with E-state index in [1.165, 1.54) is 12.1 Å². The maximum atomic E-state index is 11.2. The smallest absolute Gasteiger partial charge is 0.335 e. The molecule has 1 aromatic heterocycles. The normalized spacial score (nSPS) is 11.1. The van der Waals surface area contributed by atoms with Gasteiger partial charge in [-0.1, -0.05) is 13.8 Å². The van der Waals surface area contributed by atoms with E-state index in [-0.39, 0.29) is 18.0 Å². The molecule has 0 aliphatic carbocycles. The fraction of sp³-hybridized carbons (Fsp3) is 0.308. The molecule has 0 bridgehead atoms. The van der Waals surface area contributed by atoms with Gasteiger partial charge < -0.3 is 15.4 Å². The molecule has 6 heteroatoms. The minimum absolute atomic E-state index is 0.00686. The zero-order chi connectivity index (χ0) is 14.2. The maximum Gasteiger partial charge on any atom is 0.335 e. The van der Waals surface area contributed by atoms with Gasteiger partial charge in [-0.05, 0) is 18.2 Å². The van der Waals surface area contributed by atoms with Gasteiger partial charge in [-0.15, -0.1) is 0 Å². The first-order valence-corrected chi connectivity index (χ1v) is 5.92. The van der Waals surface area contributed by atoms with Gasteiger partial charge in [-0.3, -0.25) is 4.79 Å². The number of aromatic carboxylic acids is 1. The molecular weight excluding hydrogens is 246 g/mol. The van der Waals surface area contributed by atoms with E-state index in [0.717, 1.165) is 5.82 Å². The molecule has 2 aromatic rings. The Morgan fingerprint density at radius 1 is 1.42 bits per heavy atom. The van der Waals surface area contributed by atoms with Crippen molar-refractivity contribution in [2.45, 2.75) is 26.3 Å². The molecule has 2 rings (SSSR count). The molecule has 0 spiro atoms. The third kappa shape index (κ3) is 2.42. The minimum atomic E-state index is -1.01. The van der Waals surface area contributed by atoms with Gasteiger partial charge in [0.15, 0.2) is 0 Å². The topological polar surface area (TPSA) is 98.2 Å². The van der Waals surface area contributed by atoms with Crippen molar-refractivity contribution >= 4 is 22.9 Å². The standard InChI is InChI=1S/C13H15N3O3/c1-7(2)12-15-9-4-3-8(13(18)19)5-10(9)16(12)6-11(14)17/h3-5,7H,6H2,1-2H3,(H2,14,17)(H,18,19). The lowest BCUT2D eigenvalue weighted by Crippen LogP contribution is -2.20. The van der Waals surface area contributed by atoms with Crippen LogP contribution in [0.3, 0.4) is 0 Å². The molecule has 0 unspecified atom stereocenters. The van der Waals surface area contributed by atoms with E-state index in [0.29, 0.717) is 11.0 Å². The van der Waals surface area contributed by atoms with Crippen molar-refractivity contribution in [3.8, 4) is 0 Å². The van der Waals surface area contributed by atoms with Gasteiger partial charge in [0.25, 0.3) is 0 Å². The van der Waals surface area contributed by atoms with E-state index in [9.17, 15) is 9.59 Å². The van der Waals surface area contributed by atoms with Crippen LogP contribution in [0.4, 0.5) is 0 Å². The maximum absolute atomic E-state index is 11.2. The van der Waals surface area contributed by atoms with Crippen molar-refractivity contribution in [2.75, 3.05) is 0 Å². The predicted octanol–water partition coefficient (Wildman–Crippen LogP) is 1.34. The number of hydrogen-bond acceptors (Lipinski definition) is 3. The summed E-state index contributed by atoms with van der Waals surface area (Å²) in [6, 6.07) is 4.65. The number of nitrogens with two attached hydrogens (primary N) is 1. The van der Waals surface area contributed by atoms with Crippen LogP contribution >= 0.6 is 0 Å². The van der Waals surface area contributed by atoms with E-state index in [1.54, 1.807) is 10.6 Å². The Morgan fingerprint density at radius 3 is 2.63 bits per heavy atom. The number of carboxylic acids is 1. The molecule has 0 radical (unpaired) electrons. The lowest BCUT2D eigenvalue weighted by Gasteiger charge is -2.09. The van der Waals surface area contributed by atoms with Crippen LogP contribution in [0.25, 0.3) is 11.0 Å². The molecule has 6 nitrogen and oxygen atoms in total. The van der Waals surface area contributed by atoms with Gasteiger partial charge in [0.1, 0.15) is 12.4 Å². The zero-order valence-electron chi connectivity index (χ0n) is 10.8. The second kappa shape index (κ2) is 4.72. The average molecular weight is 261 g/mol. The Bertz CT molecular complexity index is 658. The van der Waals surface area contributed by atoms with E-state index >= 15 is 0 Å². The summed E-state index contributed by atoms with van der Waals surface area (Å²) in [7, 11) is 0. The Balaban J connectivity index is 2.69. The quantitative estimate of drug-likeness (QED) is 0.867. The monoisotopic (exact) mass is 261 g/mol. The number of amides is 1. The van der Waals surface area contributed by atoms with E-state index in [4.69, 9.17) is 10.8 Å². The van der Waals surface area contributed by atoms with Crippen LogP contribution in [0.2, 0.25) is 0 Å². The highest BCUT2D eigenvalue weighted by molar-refractivity contribution is 5.93. The second-order valence-corrected chi connectivity index (χ2v) is 4.69. The highest BCUT2D eigenvalue weighted by Crippen LogP contribution is 2.22. The van der Waals surface area contributed by atoms with Crippen molar-refractivity contribution in [2.24, 2.45) is 5.73 Å². The summed E-state index contributed by atoms with van der Waals surface area (Å²) < 4.78 is 1.68. The van der Waals surface area contributed by atoms with Crippen molar-refractivity contribution < 1.29 is 14.7 Å². The van der Waals surface area contributed by atoms with Gasteiger partial charge in [0.2, 0.25) is 5.91 Å². The average Bonchev–Trinajstić information content (AvgIpc) is 2.66. The third-order valence-electron chi connectivity index (χ3n) is 2.86. The third-order valence-corrected chi connectivity index (χ3v) is 2.86. The summed E-state index contributed by atoms with van der Waals surface area (Å²) in [4.78, 5) is 26.6. The predicted molar refractivity (Wildman–Crippen MR) is 70.0 cm³/mol. The Hall–Kier alpha value is -2.37. The number of imidazole rings is 1. The summed E-state index contributed by atoms with van der Waals surface area (Å²) in [5, 5.41) is 9.01. The number of aromatic nitrogens is 2. The van der Waals surface area contributed by atoms with Crippen LogP contribution in [0.5, 0.6) is 0 Å². The lowest BCUT2D eigenvalue weighted by molar-refractivity contribution is -0.118. The molecule has 0 aliphatic rings. The number of benzene rings is 1. The number of hydrogen-bond donors (Lipinski definition) is 2. The molecule has 3 N–H and O–H groups in total. The highest BCUT2D eigenvalue weighted by atomic mass is 16.4. The van der Waals surface area contributed by atoms with Gasteiger partial charge in [-0.25, -0.2) is 9.78 Å². The van der Waals surface area contributed by atoms with Crippen LogP contribution in [0.15, 0.2) is 18.2 Å². The Labute approximate surface area is 109 Å². The van der Waals surface area contributed by atoms with Crippen LogP contribution in [0.1, 0.15) is 35.9 Å². The van der Waals surface area contributed by atoms with E-state index in [2.05, 4.69) is 4.98 Å². The molecule has 1 heterocycles. The Kier molecular flexibility index (Phi) is 3.25. The molecule has 100 valence electrons. The molecule has 1 amide bonds. The van der Waals surface area contributed by atoms with E-state index < -0.39 is 11.9 Å². The molecule has 0 saturated carbocycles. The first-order chi connectivity index (χ1) is 8.90. The number of rotatable bonds is 4. The molecule has 0 atom stereocenters. The van der Waals surface area contributed by atoms with Gasteiger partial charge in [0, 0.05) is 5.92 Å². The molecule has 0 aliphatic heterocycles. The number of nitrogens with zero attached hydrogens (tertiary/aromatic N) is 2. The van der Waals surface area contributed by atoms with Crippen LogP contribution in [-0.4, -0.2) is 26.5 Å². The number of fused-ring (bicyclic) bond motifs is 1. The lowest BCUT2D eigenvalue weighted by atomic mass is 10.2. The van der Waals surface area contributed by atoms with E-state index in [1.807, 2.05) is 13.8 Å². The van der Waals surface area contributed by atoms with Crippen molar-refractivity contribution in [1.29, 1.82) is 0 Å². The van der Waals surface area contributed by atoms with Crippen molar-refractivity contribution in [3.05, 3.63) is 29.6 Å². The van der Waals surface area contributed by atoms with Crippen LogP contribution in [0, 0.1) is 0 Å². The first kappa shape index (κ1) is 13.1. The first-order valence-electron chi connectivity index (χ1n) is 5.92. The fourth-order valence-electron chi connectivity index (χ4n) is 2.04. The fourth-order valence-corrected chi connectivity index (χ4v) is 2.04. The van der Waals surface area contributed by atoms with Gasteiger partial charge >= 0.3 is 5.97 Å². The zero-order valence-corrected chi connectivity index (χ0v) is 10.8. The Morgan fingerprint density at radius 2 is 2.11 bits per heavy atom. The summed E-state index contributed by atoms with van der Waals surface area (Å²) in [6.45, 7) is 3.90. The SMILES string of the molecule is CC(C)c1nc2ccc(C(=O)O)cc2n1CC(N)=O. The summed E-state index contributed by atoms with van der Waals surface area (Å²) in [5.74, 6) is -0.668. The summed E-state index contributed by atoms with van der Waals surface area (Å²) in [6.07, 6.45) is 0. The number of carbonyl (C=O) groups is 2. The molecule has 0 saturated heterocycles.